The Bertz CT molecular complexity index is 256. The maximum atomic E-state index is 9.96. The third-order valence-corrected chi connectivity index (χ3v) is 1.63. The zero-order valence-corrected chi connectivity index (χ0v) is 7.33. The highest BCUT2D eigenvalue weighted by atomic mass is 16.5. The highest BCUT2D eigenvalue weighted by Crippen LogP contribution is 2.32. The van der Waals surface area contributed by atoms with Gasteiger partial charge >= 0.3 is 5.97 Å². The van der Waals surface area contributed by atoms with Crippen molar-refractivity contribution in [3.8, 4) is 11.1 Å². The van der Waals surface area contributed by atoms with Crippen molar-refractivity contribution in [2.45, 2.75) is 13.3 Å². The Balaban J connectivity index is 0.000000120. The molecule has 64 valence electrons. The van der Waals surface area contributed by atoms with Gasteiger partial charge in [-0.2, -0.15) is 0 Å². The number of hydrogen-bond acceptors (Lipinski definition) is 2. The summed E-state index contributed by atoms with van der Waals surface area (Å²) < 4.78 is 4.26. The molecule has 0 saturated heterocycles. The minimum absolute atomic E-state index is 0.157. The number of rotatable bonds is 1. The predicted octanol–water partition coefficient (Wildman–Crippen LogP) is 2.24. The summed E-state index contributed by atoms with van der Waals surface area (Å²) in [7, 11) is 1.38. The maximum absolute atomic E-state index is 9.96. The monoisotopic (exact) mass is 164 g/mol. The molecule has 0 aromatic carbocycles. The molecule has 0 fully saturated rings. The Morgan fingerprint density at radius 2 is 2.00 bits per heavy atom. The Morgan fingerprint density at radius 3 is 2.08 bits per heavy atom. The molecule has 2 rings (SSSR count). The van der Waals surface area contributed by atoms with E-state index in [9.17, 15) is 4.79 Å². The molecule has 2 nitrogen and oxygen atoms in total. The smallest absolute Gasteiger partial charge is 0.305 e. The Labute approximate surface area is 72.2 Å². The van der Waals surface area contributed by atoms with Crippen molar-refractivity contribution in [1.82, 2.24) is 0 Å². The second kappa shape index (κ2) is 3.90. The van der Waals surface area contributed by atoms with Crippen LogP contribution < -0.4 is 0 Å². The van der Waals surface area contributed by atoms with Crippen molar-refractivity contribution >= 4 is 5.97 Å². The van der Waals surface area contributed by atoms with Crippen LogP contribution in [0.4, 0.5) is 0 Å². The number of carbonyl (C=O) groups is 1. The van der Waals surface area contributed by atoms with Gasteiger partial charge in [0, 0.05) is 6.42 Å². The van der Waals surface area contributed by atoms with Crippen LogP contribution in [0.1, 0.15) is 13.3 Å². The van der Waals surface area contributed by atoms with Gasteiger partial charge in [0.05, 0.1) is 7.11 Å². The summed E-state index contributed by atoms with van der Waals surface area (Å²) in [4.78, 5) is 9.96. The van der Waals surface area contributed by atoms with Gasteiger partial charge in [-0.25, -0.2) is 0 Å². The van der Waals surface area contributed by atoms with Gasteiger partial charge in [0.15, 0.2) is 0 Å². The molecule has 0 radical (unpaired) electrons. The molecule has 0 heterocycles. The number of benzene rings is 1. The Hall–Kier alpha value is -1.31. The molecule has 0 aromatic heterocycles. The van der Waals surface area contributed by atoms with E-state index in [1.54, 1.807) is 6.92 Å². The number of carbonyl (C=O) groups excluding carboxylic acids is 1. The number of ether oxygens (including phenoxy) is 1. The van der Waals surface area contributed by atoms with E-state index in [0.717, 1.165) is 0 Å². The van der Waals surface area contributed by atoms with Crippen LogP contribution in [0.15, 0.2) is 24.3 Å². The van der Waals surface area contributed by atoms with Gasteiger partial charge in [0.2, 0.25) is 0 Å². The van der Waals surface area contributed by atoms with Gasteiger partial charge in [-0.3, -0.25) is 4.79 Å². The van der Waals surface area contributed by atoms with Crippen LogP contribution in [0, 0.1) is 0 Å². The van der Waals surface area contributed by atoms with E-state index >= 15 is 0 Å². The van der Waals surface area contributed by atoms with E-state index in [0.29, 0.717) is 6.42 Å². The number of methoxy groups -OCH3 is 1. The summed E-state index contributed by atoms with van der Waals surface area (Å²) in [5.41, 5.74) is 2.85. The highest BCUT2D eigenvalue weighted by Gasteiger charge is 2.06. The largest absolute Gasteiger partial charge is 0.469 e. The normalized spacial score (nSPS) is 9.50. The van der Waals surface area contributed by atoms with E-state index in [4.69, 9.17) is 0 Å². The first-order valence-electron chi connectivity index (χ1n) is 3.95. The molecule has 2 aliphatic carbocycles. The molecule has 0 amide bonds. The fourth-order valence-electron chi connectivity index (χ4n) is 0.820. The fraction of sp³-hybridized carbons (Fsp3) is 0.300. The zero-order valence-electron chi connectivity index (χ0n) is 7.33. The molecule has 0 aromatic rings. The summed E-state index contributed by atoms with van der Waals surface area (Å²) in [5.74, 6) is -0.157. The van der Waals surface area contributed by atoms with Crippen LogP contribution in [-0.4, -0.2) is 13.1 Å². The Kier molecular flexibility index (Phi) is 2.86. The van der Waals surface area contributed by atoms with Gasteiger partial charge in [0.25, 0.3) is 0 Å². The van der Waals surface area contributed by atoms with E-state index < -0.39 is 0 Å². The number of esters is 1. The average molecular weight is 164 g/mol. The first-order valence-corrected chi connectivity index (χ1v) is 3.95. The van der Waals surface area contributed by atoms with Gasteiger partial charge < -0.3 is 4.74 Å². The summed E-state index contributed by atoms with van der Waals surface area (Å²) in [5, 5.41) is 0. The van der Waals surface area contributed by atoms with Crippen LogP contribution in [0.3, 0.4) is 0 Å². The topological polar surface area (TPSA) is 26.3 Å². The Morgan fingerprint density at radius 1 is 1.42 bits per heavy atom. The van der Waals surface area contributed by atoms with Crippen LogP contribution in [0.25, 0.3) is 11.1 Å². The predicted molar refractivity (Wildman–Crippen MR) is 47.7 cm³/mol. The van der Waals surface area contributed by atoms with E-state index in [2.05, 4.69) is 29.0 Å². The first kappa shape index (κ1) is 8.78. The van der Waals surface area contributed by atoms with Gasteiger partial charge in [-0.15, -0.1) is 0 Å². The first-order chi connectivity index (χ1) is 5.77. The molecule has 0 unspecified atom stereocenters. The summed E-state index contributed by atoms with van der Waals surface area (Å²) in [6.45, 7) is 1.76. The molecular weight excluding hydrogens is 152 g/mol. The van der Waals surface area contributed by atoms with Crippen LogP contribution in [-0.2, 0) is 9.53 Å². The second-order valence-corrected chi connectivity index (χ2v) is 2.51. The van der Waals surface area contributed by atoms with Gasteiger partial charge in [-0.05, 0) is 17.2 Å². The zero-order chi connectivity index (χ0) is 8.97. The third-order valence-electron chi connectivity index (χ3n) is 1.63. The standard InChI is InChI=1S/C6H4.C4H8O2/c1-2-5-4-6(5)3-1;1-3-4(5)6-2/h1-4H;3H2,1-2H3. The molecule has 12 heavy (non-hydrogen) atoms. The lowest BCUT2D eigenvalue weighted by Crippen LogP contribution is -1.94. The molecule has 0 aliphatic heterocycles. The average Bonchev–Trinajstić information content (AvgIpc) is 2.74. The lowest BCUT2D eigenvalue weighted by Gasteiger charge is -1.87. The minimum atomic E-state index is -0.157. The van der Waals surface area contributed by atoms with Gasteiger partial charge in [-0.1, -0.05) is 25.1 Å². The van der Waals surface area contributed by atoms with Crippen molar-refractivity contribution < 1.29 is 9.53 Å². The minimum Gasteiger partial charge on any atom is -0.469 e. The van der Waals surface area contributed by atoms with E-state index in [1.165, 1.54) is 18.2 Å². The van der Waals surface area contributed by atoms with E-state index in [-0.39, 0.29) is 5.97 Å². The quantitative estimate of drug-likeness (QED) is 0.604. The molecular formula is C10H12O2. The van der Waals surface area contributed by atoms with Crippen molar-refractivity contribution in [1.29, 1.82) is 0 Å². The van der Waals surface area contributed by atoms with Crippen LogP contribution in [0.5, 0.6) is 0 Å². The summed E-state index contributed by atoms with van der Waals surface area (Å²) >= 11 is 0. The number of fused-ring (bicyclic) bond motifs is 1. The van der Waals surface area contributed by atoms with Gasteiger partial charge in [0.1, 0.15) is 0 Å². The molecule has 0 N–H and O–H groups in total. The SMILES string of the molecule is CCC(=O)OC.c1cc2cc-2c1. The van der Waals surface area contributed by atoms with Crippen molar-refractivity contribution in [2.24, 2.45) is 0 Å². The highest BCUT2D eigenvalue weighted by molar-refractivity contribution is 5.80. The lowest BCUT2D eigenvalue weighted by atomic mass is 10.5. The molecule has 2 aliphatic rings. The molecule has 0 bridgehead atoms. The van der Waals surface area contributed by atoms with Crippen molar-refractivity contribution in [3.63, 3.8) is 0 Å². The van der Waals surface area contributed by atoms with E-state index in [1.807, 2.05) is 0 Å². The van der Waals surface area contributed by atoms with Crippen LogP contribution >= 0.6 is 0 Å². The fourth-order valence-corrected chi connectivity index (χ4v) is 0.820. The van der Waals surface area contributed by atoms with Crippen molar-refractivity contribution in [2.75, 3.05) is 7.11 Å². The lowest BCUT2D eigenvalue weighted by molar-refractivity contribution is -0.140. The second-order valence-electron chi connectivity index (χ2n) is 2.51. The third kappa shape index (κ3) is 2.38. The molecule has 2 heteroatoms. The number of hydrogen-bond donors (Lipinski definition) is 0. The summed E-state index contributed by atoms with van der Waals surface area (Å²) in [6.07, 6.45) is 0.469. The van der Waals surface area contributed by atoms with Crippen LogP contribution in [0.2, 0.25) is 0 Å². The molecule has 0 saturated carbocycles. The summed E-state index contributed by atoms with van der Waals surface area (Å²) in [6, 6.07) is 8.48. The van der Waals surface area contributed by atoms with Crippen molar-refractivity contribution in [3.05, 3.63) is 24.3 Å². The molecule has 0 atom stereocenters. The maximum Gasteiger partial charge on any atom is 0.305 e. The molecule has 0 spiro atoms.